The zero-order chi connectivity index (χ0) is 17.6. The molecule has 1 N–H and O–H groups in total. The van der Waals surface area contributed by atoms with E-state index in [4.69, 9.17) is 9.84 Å². The summed E-state index contributed by atoms with van der Waals surface area (Å²) in [5.41, 5.74) is 1.33. The largest absolute Gasteiger partial charge is 0.477 e. The summed E-state index contributed by atoms with van der Waals surface area (Å²) in [5.74, 6) is -1.29. The van der Waals surface area contributed by atoms with Crippen LogP contribution in [0.5, 0.6) is 0 Å². The predicted molar refractivity (Wildman–Crippen MR) is 91.4 cm³/mol. The Morgan fingerprint density at radius 1 is 1.20 bits per heavy atom. The minimum absolute atomic E-state index is 0.0407. The molecule has 1 atom stereocenters. The Bertz CT molecular complexity index is 725. The number of carboxylic acids is 1. The smallest absolute Gasteiger partial charge is 0.354 e. The second kappa shape index (κ2) is 7.90. The van der Waals surface area contributed by atoms with Gasteiger partial charge in [-0.25, -0.2) is 9.78 Å². The van der Waals surface area contributed by atoms with Crippen LogP contribution in [-0.4, -0.2) is 46.1 Å². The zero-order valence-electron chi connectivity index (χ0n) is 13.8. The highest BCUT2D eigenvalue weighted by molar-refractivity contribution is 5.94. The van der Waals surface area contributed by atoms with Gasteiger partial charge >= 0.3 is 5.97 Å². The van der Waals surface area contributed by atoms with Gasteiger partial charge in [0.25, 0.3) is 5.91 Å². The van der Waals surface area contributed by atoms with Crippen molar-refractivity contribution in [3.63, 3.8) is 0 Å². The van der Waals surface area contributed by atoms with E-state index in [0.717, 1.165) is 25.0 Å². The zero-order valence-corrected chi connectivity index (χ0v) is 13.8. The summed E-state index contributed by atoms with van der Waals surface area (Å²) in [6, 6.07) is 12.6. The maximum atomic E-state index is 12.9. The van der Waals surface area contributed by atoms with Crippen LogP contribution in [0, 0.1) is 0 Å². The summed E-state index contributed by atoms with van der Waals surface area (Å²) in [4.78, 5) is 29.4. The SMILES string of the molecule is O=C(O)c1ccc(C(=O)N(Cc2ccccc2)C[C@H]2CCCO2)cn1. The lowest BCUT2D eigenvalue weighted by Crippen LogP contribution is -2.37. The summed E-state index contributed by atoms with van der Waals surface area (Å²) in [6.07, 6.45) is 3.31. The molecule has 6 nitrogen and oxygen atoms in total. The van der Waals surface area contributed by atoms with Gasteiger partial charge in [0.05, 0.1) is 11.7 Å². The maximum absolute atomic E-state index is 12.9. The molecule has 0 radical (unpaired) electrons. The normalized spacial score (nSPS) is 16.6. The fraction of sp³-hybridized carbons (Fsp3) is 0.316. The molecule has 0 bridgehead atoms. The predicted octanol–water partition coefficient (Wildman–Crippen LogP) is 2.60. The van der Waals surface area contributed by atoms with E-state index in [0.29, 0.717) is 18.7 Å². The lowest BCUT2D eigenvalue weighted by Gasteiger charge is -2.25. The van der Waals surface area contributed by atoms with E-state index in [1.54, 1.807) is 4.90 Å². The van der Waals surface area contributed by atoms with Gasteiger partial charge in [0, 0.05) is 25.9 Å². The first kappa shape index (κ1) is 17.1. The van der Waals surface area contributed by atoms with Gasteiger partial charge in [0.1, 0.15) is 5.69 Å². The highest BCUT2D eigenvalue weighted by Crippen LogP contribution is 2.17. The molecule has 2 heterocycles. The second-order valence-corrected chi connectivity index (χ2v) is 6.04. The molecule has 1 aliphatic heterocycles. The summed E-state index contributed by atoms with van der Waals surface area (Å²) in [5, 5.41) is 8.93. The van der Waals surface area contributed by atoms with Crippen LogP contribution in [0.25, 0.3) is 0 Å². The third kappa shape index (κ3) is 4.42. The second-order valence-electron chi connectivity index (χ2n) is 6.04. The van der Waals surface area contributed by atoms with Gasteiger partial charge in [-0.15, -0.1) is 0 Å². The number of aromatic nitrogens is 1. The molecule has 2 aromatic rings. The van der Waals surface area contributed by atoms with Crippen molar-refractivity contribution in [1.29, 1.82) is 0 Å². The molecule has 6 heteroatoms. The number of aromatic carboxylic acids is 1. The summed E-state index contributed by atoms with van der Waals surface area (Å²) >= 11 is 0. The molecule has 1 amide bonds. The molecule has 0 aliphatic carbocycles. The molecule has 130 valence electrons. The maximum Gasteiger partial charge on any atom is 0.354 e. The van der Waals surface area contributed by atoms with Gasteiger partial charge in [0.2, 0.25) is 0 Å². The lowest BCUT2D eigenvalue weighted by atomic mass is 10.1. The van der Waals surface area contributed by atoms with E-state index in [-0.39, 0.29) is 17.7 Å². The Labute approximate surface area is 146 Å². The Hall–Kier alpha value is -2.73. The van der Waals surface area contributed by atoms with Crippen molar-refractivity contribution >= 4 is 11.9 Å². The van der Waals surface area contributed by atoms with Gasteiger partial charge in [-0.1, -0.05) is 30.3 Å². The van der Waals surface area contributed by atoms with Crippen molar-refractivity contribution in [1.82, 2.24) is 9.88 Å². The number of pyridine rings is 1. The van der Waals surface area contributed by atoms with Crippen LogP contribution in [0.3, 0.4) is 0 Å². The molecular weight excluding hydrogens is 320 g/mol. The van der Waals surface area contributed by atoms with Crippen molar-refractivity contribution in [3.05, 3.63) is 65.5 Å². The van der Waals surface area contributed by atoms with Gasteiger partial charge in [0.15, 0.2) is 0 Å². The van der Waals surface area contributed by atoms with E-state index in [2.05, 4.69) is 4.98 Å². The van der Waals surface area contributed by atoms with Crippen LogP contribution >= 0.6 is 0 Å². The van der Waals surface area contributed by atoms with Gasteiger partial charge in [-0.05, 0) is 30.5 Å². The van der Waals surface area contributed by atoms with Crippen molar-refractivity contribution < 1.29 is 19.4 Å². The average Bonchev–Trinajstić information content (AvgIpc) is 3.14. The van der Waals surface area contributed by atoms with Crippen LogP contribution in [0.4, 0.5) is 0 Å². The summed E-state index contributed by atoms with van der Waals surface area (Å²) < 4.78 is 5.67. The number of rotatable bonds is 6. The molecule has 25 heavy (non-hydrogen) atoms. The third-order valence-corrected chi connectivity index (χ3v) is 4.18. The fourth-order valence-corrected chi connectivity index (χ4v) is 2.89. The minimum atomic E-state index is -1.11. The molecule has 3 rings (SSSR count). The number of carbonyl (C=O) groups is 2. The number of ether oxygens (including phenoxy) is 1. The molecule has 1 fully saturated rings. The van der Waals surface area contributed by atoms with Crippen molar-refractivity contribution in [3.8, 4) is 0 Å². The molecule has 0 unspecified atom stereocenters. The summed E-state index contributed by atoms with van der Waals surface area (Å²) in [7, 11) is 0. The van der Waals surface area contributed by atoms with Gasteiger partial charge in [-0.2, -0.15) is 0 Å². The highest BCUT2D eigenvalue weighted by Gasteiger charge is 2.24. The number of hydrogen-bond acceptors (Lipinski definition) is 4. The first-order chi connectivity index (χ1) is 12.1. The lowest BCUT2D eigenvalue weighted by molar-refractivity contribution is 0.0506. The number of amides is 1. The molecule has 1 saturated heterocycles. The van der Waals surface area contributed by atoms with Crippen molar-refractivity contribution in [2.45, 2.75) is 25.5 Å². The van der Waals surface area contributed by atoms with Crippen LogP contribution in [0.15, 0.2) is 48.7 Å². The van der Waals surface area contributed by atoms with E-state index in [1.807, 2.05) is 30.3 Å². The Balaban J connectivity index is 1.78. The van der Waals surface area contributed by atoms with E-state index < -0.39 is 5.97 Å². The van der Waals surface area contributed by atoms with Gasteiger partial charge in [-0.3, -0.25) is 4.79 Å². The minimum Gasteiger partial charge on any atom is -0.477 e. The van der Waals surface area contributed by atoms with Crippen LogP contribution in [0.1, 0.15) is 39.3 Å². The van der Waals surface area contributed by atoms with Crippen molar-refractivity contribution in [2.24, 2.45) is 0 Å². The fourth-order valence-electron chi connectivity index (χ4n) is 2.89. The number of carboxylic acid groups (broad SMARTS) is 1. The van der Waals surface area contributed by atoms with E-state index >= 15 is 0 Å². The Morgan fingerprint density at radius 3 is 2.60 bits per heavy atom. The Morgan fingerprint density at radius 2 is 2.00 bits per heavy atom. The molecular formula is C19H20N2O4. The molecule has 1 aromatic heterocycles. The molecule has 1 aromatic carbocycles. The summed E-state index contributed by atoms with van der Waals surface area (Å²) in [6.45, 7) is 1.71. The molecule has 1 aliphatic rings. The van der Waals surface area contributed by atoms with Crippen molar-refractivity contribution in [2.75, 3.05) is 13.2 Å². The van der Waals surface area contributed by atoms with E-state index in [9.17, 15) is 9.59 Å². The van der Waals surface area contributed by atoms with E-state index in [1.165, 1.54) is 18.3 Å². The third-order valence-electron chi connectivity index (χ3n) is 4.18. The Kier molecular flexibility index (Phi) is 5.40. The highest BCUT2D eigenvalue weighted by atomic mass is 16.5. The van der Waals surface area contributed by atoms with Crippen LogP contribution < -0.4 is 0 Å². The number of hydrogen-bond donors (Lipinski definition) is 1. The monoisotopic (exact) mass is 340 g/mol. The quantitative estimate of drug-likeness (QED) is 0.874. The topological polar surface area (TPSA) is 79.7 Å². The van der Waals surface area contributed by atoms with Gasteiger partial charge < -0.3 is 14.7 Å². The first-order valence-electron chi connectivity index (χ1n) is 8.27. The number of benzene rings is 1. The van der Waals surface area contributed by atoms with Crippen LogP contribution in [0.2, 0.25) is 0 Å². The standard InChI is InChI=1S/C19H20N2O4/c22-18(15-8-9-17(19(23)24)20-11-15)21(13-16-7-4-10-25-16)12-14-5-2-1-3-6-14/h1-3,5-6,8-9,11,16H,4,7,10,12-13H2,(H,23,24)/t16-/m1/s1. The molecule has 0 spiro atoms. The van der Waals surface area contributed by atoms with Crippen LogP contribution in [-0.2, 0) is 11.3 Å². The molecule has 0 saturated carbocycles. The number of nitrogens with zero attached hydrogens (tertiary/aromatic N) is 2. The average molecular weight is 340 g/mol. The number of carbonyl (C=O) groups excluding carboxylic acids is 1. The first-order valence-corrected chi connectivity index (χ1v) is 8.27.